The first kappa shape index (κ1) is 13.0. The van der Waals surface area contributed by atoms with E-state index < -0.39 is 0 Å². The molecule has 0 heterocycles. The second-order valence-electron chi connectivity index (χ2n) is 4.81. The van der Waals surface area contributed by atoms with Crippen molar-refractivity contribution in [3.05, 3.63) is 29.3 Å². The number of nitrogens with one attached hydrogen (secondary N) is 1. The number of benzene rings is 1. The van der Waals surface area contributed by atoms with Gasteiger partial charge in [0.15, 0.2) is 0 Å². The number of rotatable bonds is 5. The predicted molar refractivity (Wildman–Crippen MR) is 70.2 cm³/mol. The summed E-state index contributed by atoms with van der Waals surface area (Å²) in [4.78, 5) is 2.16. The quantitative estimate of drug-likeness (QED) is 0.745. The van der Waals surface area contributed by atoms with Gasteiger partial charge in [-0.2, -0.15) is 0 Å². The van der Waals surface area contributed by atoms with Crippen LogP contribution in [0.15, 0.2) is 18.2 Å². The summed E-state index contributed by atoms with van der Waals surface area (Å²) in [6.07, 6.45) is 0. The van der Waals surface area contributed by atoms with Crippen molar-refractivity contribution in [2.45, 2.75) is 33.0 Å². The Balaban J connectivity index is 2.74. The Labute approximate surface area is 98.6 Å². The van der Waals surface area contributed by atoms with Crippen LogP contribution in [0.4, 0.5) is 5.69 Å². The molecule has 90 valence electrons. The second kappa shape index (κ2) is 5.87. The third kappa shape index (κ3) is 4.21. The van der Waals surface area contributed by atoms with E-state index in [0.717, 1.165) is 18.8 Å². The molecule has 1 rings (SSSR count). The lowest BCUT2D eigenvalue weighted by molar-refractivity contribution is 0.402. The molecule has 1 aromatic rings. The first-order chi connectivity index (χ1) is 7.49. The normalized spacial score (nSPS) is 11.4. The molecule has 16 heavy (non-hydrogen) atoms. The maximum absolute atomic E-state index is 5.95. The SMILES string of the molecule is CC(C)NCc1cc(CN(C)C)ccc1N. The summed E-state index contributed by atoms with van der Waals surface area (Å²) in [5.41, 5.74) is 9.32. The van der Waals surface area contributed by atoms with Gasteiger partial charge in [-0.15, -0.1) is 0 Å². The monoisotopic (exact) mass is 221 g/mol. The standard InChI is InChI=1S/C13H23N3/c1-10(2)15-8-12-7-11(9-16(3)4)5-6-13(12)14/h5-7,10,15H,8-9,14H2,1-4H3. The van der Waals surface area contributed by atoms with E-state index in [9.17, 15) is 0 Å². The molecule has 0 unspecified atom stereocenters. The second-order valence-corrected chi connectivity index (χ2v) is 4.81. The van der Waals surface area contributed by atoms with Crippen LogP contribution in [0.25, 0.3) is 0 Å². The zero-order valence-corrected chi connectivity index (χ0v) is 10.7. The highest BCUT2D eigenvalue weighted by molar-refractivity contribution is 5.48. The van der Waals surface area contributed by atoms with Crippen molar-refractivity contribution in [2.75, 3.05) is 19.8 Å². The van der Waals surface area contributed by atoms with Crippen LogP contribution >= 0.6 is 0 Å². The van der Waals surface area contributed by atoms with E-state index in [0.29, 0.717) is 6.04 Å². The molecule has 1 aromatic carbocycles. The minimum Gasteiger partial charge on any atom is -0.398 e. The summed E-state index contributed by atoms with van der Waals surface area (Å²) in [7, 11) is 4.14. The average Bonchev–Trinajstić information content (AvgIpc) is 2.18. The van der Waals surface area contributed by atoms with E-state index in [2.05, 4.69) is 50.3 Å². The van der Waals surface area contributed by atoms with Gasteiger partial charge < -0.3 is 16.0 Å². The van der Waals surface area contributed by atoms with Crippen LogP contribution in [0, 0.1) is 0 Å². The van der Waals surface area contributed by atoms with Crippen molar-refractivity contribution in [1.29, 1.82) is 0 Å². The third-order valence-electron chi connectivity index (χ3n) is 2.41. The van der Waals surface area contributed by atoms with Crippen LogP contribution in [-0.2, 0) is 13.1 Å². The smallest absolute Gasteiger partial charge is 0.0359 e. The Morgan fingerprint density at radius 2 is 2.00 bits per heavy atom. The lowest BCUT2D eigenvalue weighted by Gasteiger charge is -2.14. The van der Waals surface area contributed by atoms with Gasteiger partial charge in [-0.05, 0) is 31.3 Å². The van der Waals surface area contributed by atoms with E-state index in [1.165, 1.54) is 11.1 Å². The minimum atomic E-state index is 0.483. The van der Waals surface area contributed by atoms with Crippen molar-refractivity contribution in [2.24, 2.45) is 0 Å². The van der Waals surface area contributed by atoms with E-state index >= 15 is 0 Å². The van der Waals surface area contributed by atoms with Gasteiger partial charge in [-0.25, -0.2) is 0 Å². The number of hydrogen-bond donors (Lipinski definition) is 2. The van der Waals surface area contributed by atoms with Crippen LogP contribution in [0.1, 0.15) is 25.0 Å². The molecule has 0 aliphatic rings. The Kier molecular flexibility index (Phi) is 4.77. The summed E-state index contributed by atoms with van der Waals surface area (Å²) in [6.45, 7) is 6.07. The molecule has 3 nitrogen and oxygen atoms in total. The first-order valence-corrected chi connectivity index (χ1v) is 5.74. The Bertz CT molecular complexity index is 332. The zero-order chi connectivity index (χ0) is 12.1. The van der Waals surface area contributed by atoms with Gasteiger partial charge in [0.1, 0.15) is 0 Å². The van der Waals surface area contributed by atoms with Gasteiger partial charge in [0.05, 0.1) is 0 Å². The molecule has 0 aliphatic carbocycles. The van der Waals surface area contributed by atoms with Crippen LogP contribution in [0.3, 0.4) is 0 Å². The molecule has 3 heteroatoms. The fraction of sp³-hybridized carbons (Fsp3) is 0.538. The molecular weight excluding hydrogens is 198 g/mol. The average molecular weight is 221 g/mol. The van der Waals surface area contributed by atoms with Crippen molar-refractivity contribution < 1.29 is 0 Å². The number of anilines is 1. The number of nitrogens with zero attached hydrogens (tertiary/aromatic N) is 1. The van der Waals surface area contributed by atoms with Gasteiger partial charge in [0.2, 0.25) is 0 Å². The molecule has 0 fully saturated rings. The van der Waals surface area contributed by atoms with Crippen molar-refractivity contribution in [3.63, 3.8) is 0 Å². The maximum Gasteiger partial charge on any atom is 0.0359 e. The molecule has 0 spiro atoms. The third-order valence-corrected chi connectivity index (χ3v) is 2.41. The van der Waals surface area contributed by atoms with Crippen LogP contribution in [0.2, 0.25) is 0 Å². The van der Waals surface area contributed by atoms with E-state index in [1.54, 1.807) is 0 Å². The Hall–Kier alpha value is -1.06. The van der Waals surface area contributed by atoms with Gasteiger partial charge in [-0.1, -0.05) is 26.0 Å². The van der Waals surface area contributed by atoms with E-state index in [4.69, 9.17) is 5.73 Å². The fourth-order valence-electron chi connectivity index (χ4n) is 1.59. The number of nitrogen functional groups attached to an aromatic ring is 1. The van der Waals surface area contributed by atoms with E-state index in [-0.39, 0.29) is 0 Å². The Morgan fingerprint density at radius 3 is 2.56 bits per heavy atom. The van der Waals surface area contributed by atoms with Gasteiger partial charge in [0.25, 0.3) is 0 Å². The van der Waals surface area contributed by atoms with Gasteiger partial charge in [0, 0.05) is 24.8 Å². The molecule has 0 saturated heterocycles. The molecular formula is C13H23N3. The summed E-state index contributed by atoms with van der Waals surface area (Å²) < 4.78 is 0. The summed E-state index contributed by atoms with van der Waals surface area (Å²) in [5.74, 6) is 0. The lowest BCUT2D eigenvalue weighted by Crippen LogP contribution is -2.22. The topological polar surface area (TPSA) is 41.3 Å². The highest BCUT2D eigenvalue weighted by Crippen LogP contribution is 2.15. The highest BCUT2D eigenvalue weighted by atomic mass is 15.0. The van der Waals surface area contributed by atoms with Crippen LogP contribution in [0.5, 0.6) is 0 Å². The predicted octanol–water partition coefficient (Wildman–Crippen LogP) is 1.83. The molecule has 0 aliphatic heterocycles. The molecule has 0 bridgehead atoms. The molecule has 0 saturated carbocycles. The summed E-state index contributed by atoms with van der Waals surface area (Å²) in [5, 5.41) is 3.39. The summed E-state index contributed by atoms with van der Waals surface area (Å²) >= 11 is 0. The van der Waals surface area contributed by atoms with Crippen LogP contribution in [-0.4, -0.2) is 25.0 Å². The van der Waals surface area contributed by atoms with E-state index in [1.807, 2.05) is 6.07 Å². The number of hydrogen-bond acceptors (Lipinski definition) is 3. The number of nitrogens with two attached hydrogens (primary N) is 1. The first-order valence-electron chi connectivity index (χ1n) is 5.74. The van der Waals surface area contributed by atoms with Crippen molar-refractivity contribution in [1.82, 2.24) is 10.2 Å². The van der Waals surface area contributed by atoms with Crippen molar-refractivity contribution >= 4 is 5.69 Å². The molecule has 3 N–H and O–H groups in total. The molecule has 0 radical (unpaired) electrons. The Morgan fingerprint density at radius 1 is 1.31 bits per heavy atom. The largest absolute Gasteiger partial charge is 0.398 e. The van der Waals surface area contributed by atoms with Gasteiger partial charge in [-0.3, -0.25) is 0 Å². The zero-order valence-electron chi connectivity index (χ0n) is 10.7. The molecule has 0 atom stereocenters. The maximum atomic E-state index is 5.95. The highest BCUT2D eigenvalue weighted by Gasteiger charge is 2.03. The fourth-order valence-corrected chi connectivity index (χ4v) is 1.59. The molecule has 0 amide bonds. The van der Waals surface area contributed by atoms with Crippen molar-refractivity contribution in [3.8, 4) is 0 Å². The minimum absolute atomic E-state index is 0.483. The lowest BCUT2D eigenvalue weighted by atomic mass is 10.1. The van der Waals surface area contributed by atoms with Gasteiger partial charge >= 0.3 is 0 Å². The van der Waals surface area contributed by atoms with Crippen LogP contribution < -0.4 is 11.1 Å². The summed E-state index contributed by atoms with van der Waals surface area (Å²) in [6, 6.07) is 6.76. The molecule has 0 aromatic heterocycles.